The van der Waals surface area contributed by atoms with E-state index in [1.165, 1.54) is 50.8 Å². The summed E-state index contributed by atoms with van der Waals surface area (Å²) in [5, 5.41) is 10.3. The molecule has 0 radical (unpaired) electrons. The summed E-state index contributed by atoms with van der Waals surface area (Å²) >= 11 is 0. The minimum Gasteiger partial charge on any atom is -0.388 e. The second-order valence-electron chi connectivity index (χ2n) is 5.77. The van der Waals surface area contributed by atoms with E-state index in [9.17, 15) is 5.11 Å². The monoisotopic (exact) mass is 261 g/mol. The number of rotatable bonds is 4. The Labute approximate surface area is 117 Å². The number of nitrogens with zero attached hydrogens (tertiary/aromatic N) is 1. The molecule has 2 nitrogen and oxygen atoms in total. The van der Waals surface area contributed by atoms with Gasteiger partial charge in [-0.25, -0.2) is 0 Å². The highest BCUT2D eigenvalue weighted by atomic mass is 16.3. The molecule has 19 heavy (non-hydrogen) atoms. The molecule has 0 aromatic heterocycles. The zero-order valence-corrected chi connectivity index (χ0v) is 12.1. The molecule has 1 aliphatic rings. The van der Waals surface area contributed by atoms with Crippen molar-refractivity contribution >= 4 is 0 Å². The van der Waals surface area contributed by atoms with E-state index in [0.29, 0.717) is 0 Å². The van der Waals surface area contributed by atoms with Crippen molar-refractivity contribution in [1.29, 1.82) is 0 Å². The van der Waals surface area contributed by atoms with Gasteiger partial charge in [-0.2, -0.15) is 0 Å². The predicted octanol–water partition coefficient (Wildman–Crippen LogP) is 3.68. The molecule has 2 heteroatoms. The van der Waals surface area contributed by atoms with Crippen LogP contribution < -0.4 is 0 Å². The van der Waals surface area contributed by atoms with E-state index < -0.39 is 0 Å². The van der Waals surface area contributed by atoms with Crippen LogP contribution in [0.25, 0.3) is 0 Å². The fourth-order valence-corrected chi connectivity index (χ4v) is 2.96. The maximum atomic E-state index is 10.3. The number of aliphatic hydroxyl groups is 1. The molecule has 0 spiro atoms. The van der Waals surface area contributed by atoms with Crippen molar-refractivity contribution in [2.45, 2.75) is 51.6 Å². The normalized spacial score (nSPS) is 19.7. The van der Waals surface area contributed by atoms with Gasteiger partial charge in [-0.3, -0.25) is 0 Å². The van der Waals surface area contributed by atoms with Gasteiger partial charge in [-0.1, -0.05) is 43.5 Å². The Bertz CT molecular complexity index is 369. The Balaban J connectivity index is 1.82. The van der Waals surface area contributed by atoms with Crippen LogP contribution in [0.15, 0.2) is 24.3 Å². The van der Waals surface area contributed by atoms with E-state index in [4.69, 9.17) is 0 Å². The fraction of sp³-hybridized carbons (Fsp3) is 0.647. The molecule has 0 bridgehead atoms. The molecule has 1 aromatic rings. The van der Waals surface area contributed by atoms with E-state index in [0.717, 1.165) is 18.5 Å². The van der Waals surface area contributed by atoms with Gasteiger partial charge in [-0.05, 0) is 50.4 Å². The first kappa shape index (κ1) is 14.5. The van der Waals surface area contributed by atoms with Crippen molar-refractivity contribution in [3.05, 3.63) is 35.4 Å². The number of hydrogen-bond acceptors (Lipinski definition) is 2. The summed E-state index contributed by atoms with van der Waals surface area (Å²) in [6.45, 7) is 5.52. The Morgan fingerprint density at radius 1 is 1.05 bits per heavy atom. The molecular formula is C17H27NO. The molecule has 1 fully saturated rings. The molecule has 1 saturated heterocycles. The van der Waals surface area contributed by atoms with Crippen LogP contribution in [0.4, 0.5) is 0 Å². The Morgan fingerprint density at radius 2 is 1.68 bits per heavy atom. The summed E-state index contributed by atoms with van der Waals surface area (Å²) in [7, 11) is 0. The first-order valence-corrected chi connectivity index (χ1v) is 7.73. The third-order valence-electron chi connectivity index (χ3n) is 4.21. The lowest BCUT2D eigenvalue weighted by Crippen LogP contribution is -2.29. The van der Waals surface area contributed by atoms with Crippen LogP contribution in [-0.2, 0) is 0 Å². The van der Waals surface area contributed by atoms with Gasteiger partial charge >= 0.3 is 0 Å². The highest BCUT2D eigenvalue weighted by Gasteiger charge is 2.13. The Hall–Kier alpha value is -0.860. The van der Waals surface area contributed by atoms with Crippen LogP contribution >= 0.6 is 0 Å². The van der Waals surface area contributed by atoms with Crippen molar-refractivity contribution in [3.8, 4) is 0 Å². The summed E-state index contributed by atoms with van der Waals surface area (Å²) in [6.07, 6.45) is 7.32. The van der Waals surface area contributed by atoms with Crippen LogP contribution in [0.5, 0.6) is 0 Å². The van der Waals surface area contributed by atoms with E-state index in [1.807, 2.05) is 18.2 Å². The van der Waals surface area contributed by atoms with Crippen LogP contribution in [0.1, 0.15) is 55.8 Å². The quantitative estimate of drug-likeness (QED) is 0.893. The second-order valence-corrected chi connectivity index (χ2v) is 5.77. The average molecular weight is 261 g/mol. The van der Waals surface area contributed by atoms with Gasteiger partial charge in [0, 0.05) is 6.54 Å². The van der Waals surface area contributed by atoms with Crippen LogP contribution in [0, 0.1) is 6.92 Å². The lowest BCUT2D eigenvalue weighted by molar-refractivity contribution is 0.137. The fourth-order valence-electron chi connectivity index (χ4n) is 2.96. The highest BCUT2D eigenvalue weighted by Crippen LogP contribution is 2.21. The van der Waals surface area contributed by atoms with Crippen LogP contribution in [0.2, 0.25) is 0 Å². The molecule has 0 aliphatic carbocycles. The number of aryl methyl sites for hydroxylation is 1. The van der Waals surface area contributed by atoms with Gasteiger partial charge < -0.3 is 10.0 Å². The lowest BCUT2D eigenvalue weighted by Gasteiger charge is -2.25. The Morgan fingerprint density at radius 3 is 2.37 bits per heavy atom. The second kappa shape index (κ2) is 7.66. The number of aliphatic hydroxyl groups excluding tert-OH is 1. The first-order valence-electron chi connectivity index (χ1n) is 7.73. The third kappa shape index (κ3) is 4.63. The molecule has 1 aromatic carbocycles. The zero-order chi connectivity index (χ0) is 13.5. The van der Waals surface area contributed by atoms with Gasteiger partial charge in [0.2, 0.25) is 0 Å². The standard InChI is InChI=1S/C17H27NO/c1-15-9-5-6-10-16(15)17(19)11-14-18-12-7-3-2-4-8-13-18/h5-6,9-10,17,19H,2-4,7-8,11-14H2,1H3. The number of likely N-dealkylation sites (tertiary alicyclic amines) is 1. The third-order valence-corrected chi connectivity index (χ3v) is 4.21. The lowest BCUT2D eigenvalue weighted by atomic mass is 10.0. The summed E-state index contributed by atoms with van der Waals surface area (Å²) < 4.78 is 0. The van der Waals surface area contributed by atoms with Gasteiger partial charge in [0.25, 0.3) is 0 Å². The van der Waals surface area contributed by atoms with E-state index in [-0.39, 0.29) is 6.10 Å². The van der Waals surface area contributed by atoms with E-state index >= 15 is 0 Å². The molecule has 1 aliphatic heterocycles. The van der Waals surface area contributed by atoms with Crippen LogP contribution in [0.3, 0.4) is 0 Å². The maximum Gasteiger partial charge on any atom is 0.0804 e. The SMILES string of the molecule is Cc1ccccc1C(O)CCN1CCCCCCC1. The van der Waals surface area contributed by atoms with Crippen molar-refractivity contribution < 1.29 is 5.11 Å². The van der Waals surface area contributed by atoms with Crippen molar-refractivity contribution in [1.82, 2.24) is 4.90 Å². The van der Waals surface area contributed by atoms with Crippen molar-refractivity contribution in [2.24, 2.45) is 0 Å². The molecule has 1 N–H and O–H groups in total. The maximum absolute atomic E-state index is 10.3. The predicted molar refractivity (Wildman–Crippen MR) is 80.3 cm³/mol. The number of benzene rings is 1. The molecule has 0 saturated carbocycles. The van der Waals surface area contributed by atoms with Crippen molar-refractivity contribution in [2.75, 3.05) is 19.6 Å². The zero-order valence-electron chi connectivity index (χ0n) is 12.1. The minimum atomic E-state index is -0.313. The smallest absolute Gasteiger partial charge is 0.0804 e. The molecule has 1 heterocycles. The Kier molecular flexibility index (Phi) is 5.87. The summed E-state index contributed by atoms with van der Waals surface area (Å²) in [4.78, 5) is 2.53. The highest BCUT2D eigenvalue weighted by molar-refractivity contribution is 5.27. The van der Waals surface area contributed by atoms with Crippen LogP contribution in [-0.4, -0.2) is 29.6 Å². The minimum absolute atomic E-state index is 0.313. The molecule has 0 amide bonds. The summed E-state index contributed by atoms with van der Waals surface area (Å²) in [5.74, 6) is 0. The average Bonchev–Trinajstić information content (AvgIpc) is 2.37. The first-order chi connectivity index (χ1) is 9.27. The molecular weight excluding hydrogens is 234 g/mol. The van der Waals surface area contributed by atoms with Crippen molar-refractivity contribution in [3.63, 3.8) is 0 Å². The van der Waals surface area contributed by atoms with Gasteiger partial charge in [-0.15, -0.1) is 0 Å². The van der Waals surface area contributed by atoms with Gasteiger partial charge in [0.15, 0.2) is 0 Å². The molecule has 106 valence electrons. The van der Waals surface area contributed by atoms with Gasteiger partial charge in [0.05, 0.1) is 6.10 Å². The summed E-state index contributed by atoms with van der Waals surface area (Å²) in [5.41, 5.74) is 2.29. The van der Waals surface area contributed by atoms with E-state index in [2.05, 4.69) is 17.9 Å². The topological polar surface area (TPSA) is 23.5 Å². The van der Waals surface area contributed by atoms with Gasteiger partial charge in [0.1, 0.15) is 0 Å². The molecule has 2 rings (SSSR count). The largest absolute Gasteiger partial charge is 0.388 e. The molecule has 1 unspecified atom stereocenters. The summed E-state index contributed by atoms with van der Waals surface area (Å²) in [6, 6.07) is 8.17. The van der Waals surface area contributed by atoms with E-state index in [1.54, 1.807) is 0 Å². The molecule has 1 atom stereocenters. The number of hydrogen-bond donors (Lipinski definition) is 1.